The Morgan fingerprint density at radius 3 is 2.70 bits per heavy atom. The summed E-state index contributed by atoms with van der Waals surface area (Å²) < 4.78 is 7.92. The number of rotatable bonds is 5. The van der Waals surface area contributed by atoms with E-state index in [0.717, 1.165) is 35.7 Å². The molecule has 0 saturated carbocycles. The molecule has 0 amide bonds. The molecule has 2 N–H and O–H groups in total. The van der Waals surface area contributed by atoms with E-state index >= 15 is 0 Å². The Labute approximate surface area is 120 Å². The van der Waals surface area contributed by atoms with E-state index < -0.39 is 0 Å². The van der Waals surface area contributed by atoms with Gasteiger partial charge in [0.15, 0.2) is 0 Å². The number of benzene rings is 1. The van der Waals surface area contributed by atoms with Gasteiger partial charge in [0, 0.05) is 18.7 Å². The Bertz CT molecular complexity index is 587. The van der Waals surface area contributed by atoms with Crippen LogP contribution < -0.4 is 10.5 Å². The molecule has 0 aliphatic rings. The van der Waals surface area contributed by atoms with Gasteiger partial charge in [-0.05, 0) is 38.3 Å². The minimum absolute atomic E-state index is 0.0849. The highest BCUT2D eigenvalue weighted by molar-refractivity contribution is 5.40. The van der Waals surface area contributed by atoms with Crippen molar-refractivity contribution in [1.29, 1.82) is 0 Å². The number of aryl methyl sites for hydroxylation is 3. The molecule has 0 radical (unpaired) electrons. The van der Waals surface area contributed by atoms with Gasteiger partial charge >= 0.3 is 0 Å². The van der Waals surface area contributed by atoms with Gasteiger partial charge in [-0.15, -0.1) is 0 Å². The fourth-order valence-corrected chi connectivity index (χ4v) is 2.37. The monoisotopic (exact) mass is 273 g/mol. The van der Waals surface area contributed by atoms with Crippen molar-refractivity contribution in [3.63, 3.8) is 0 Å². The van der Waals surface area contributed by atoms with Crippen LogP contribution in [0.4, 0.5) is 0 Å². The predicted molar refractivity (Wildman–Crippen MR) is 81.2 cm³/mol. The van der Waals surface area contributed by atoms with Crippen LogP contribution >= 0.6 is 0 Å². The van der Waals surface area contributed by atoms with E-state index in [4.69, 9.17) is 10.5 Å². The zero-order chi connectivity index (χ0) is 14.7. The van der Waals surface area contributed by atoms with Gasteiger partial charge in [0.1, 0.15) is 5.75 Å². The molecule has 1 unspecified atom stereocenters. The first-order valence-corrected chi connectivity index (χ1v) is 7.06. The van der Waals surface area contributed by atoms with Gasteiger partial charge in [-0.1, -0.05) is 25.1 Å². The average Bonchev–Trinajstić information content (AvgIpc) is 2.66. The second kappa shape index (κ2) is 6.09. The van der Waals surface area contributed by atoms with Crippen molar-refractivity contribution in [3.05, 3.63) is 41.1 Å². The van der Waals surface area contributed by atoms with Crippen molar-refractivity contribution >= 4 is 0 Å². The minimum atomic E-state index is 0.0849. The summed E-state index contributed by atoms with van der Waals surface area (Å²) in [5, 5.41) is 4.45. The molecule has 1 aromatic heterocycles. The number of hydrogen-bond acceptors (Lipinski definition) is 3. The van der Waals surface area contributed by atoms with Crippen LogP contribution in [0.5, 0.6) is 11.6 Å². The lowest BCUT2D eigenvalue weighted by molar-refractivity contribution is 0.420. The van der Waals surface area contributed by atoms with Crippen LogP contribution in [0, 0.1) is 6.92 Å². The molecule has 0 aliphatic carbocycles. The third-order valence-electron chi connectivity index (χ3n) is 3.38. The van der Waals surface area contributed by atoms with Crippen LogP contribution in [0.1, 0.15) is 30.7 Å². The van der Waals surface area contributed by atoms with Crippen molar-refractivity contribution in [2.75, 3.05) is 0 Å². The summed E-state index contributed by atoms with van der Waals surface area (Å²) in [5.74, 6) is 1.68. The van der Waals surface area contributed by atoms with Crippen molar-refractivity contribution < 1.29 is 4.74 Å². The van der Waals surface area contributed by atoms with E-state index in [0.29, 0.717) is 0 Å². The molecular weight excluding hydrogens is 250 g/mol. The molecule has 108 valence electrons. The first-order chi connectivity index (χ1) is 9.52. The summed E-state index contributed by atoms with van der Waals surface area (Å²) in [6.45, 7) is 6.12. The number of para-hydroxylation sites is 1. The van der Waals surface area contributed by atoms with Gasteiger partial charge in [0.25, 0.3) is 0 Å². The maximum absolute atomic E-state index is 6.13. The average molecular weight is 273 g/mol. The molecule has 2 aromatic rings. The Kier molecular flexibility index (Phi) is 4.45. The van der Waals surface area contributed by atoms with Crippen molar-refractivity contribution in [1.82, 2.24) is 9.78 Å². The lowest BCUT2D eigenvalue weighted by Crippen LogP contribution is -2.18. The second-order valence-corrected chi connectivity index (χ2v) is 5.24. The van der Waals surface area contributed by atoms with Crippen LogP contribution in [0.3, 0.4) is 0 Å². The Balaban J connectivity index is 2.38. The first kappa shape index (κ1) is 14.6. The predicted octanol–water partition coefficient (Wildman–Crippen LogP) is 2.97. The number of aromatic nitrogens is 2. The summed E-state index contributed by atoms with van der Waals surface area (Å²) in [5.41, 5.74) is 9.19. The SMILES string of the molecule is CCc1ccccc1Oc1c(CC(C)N)c(C)nn1C. The van der Waals surface area contributed by atoms with E-state index in [9.17, 15) is 0 Å². The summed E-state index contributed by atoms with van der Waals surface area (Å²) in [4.78, 5) is 0. The molecular formula is C16H23N3O. The smallest absolute Gasteiger partial charge is 0.221 e. The standard InChI is InChI=1S/C16H23N3O/c1-5-13-8-6-7-9-15(13)20-16-14(10-11(2)17)12(3)18-19(16)4/h6-9,11H,5,10,17H2,1-4H3. The molecule has 0 fully saturated rings. The highest BCUT2D eigenvalue weighted by atomic mass is 16.5. The Hall–Kier alpha value is -1.81. The van der Waals surface area contributed by atoms with Crippen LogP contribution in [0.15, 0.2) is 24.3 Å². The number of ether oxygens (including phenoxy) is 1. The highest BCUT2D eigenvalue weighted by Gasteiger charge is 2.17. The molecule has 2 rings (SSSR count). The zero-order valence-corrected chi connectivity index (χ0v) is 12.7. The van der Waals surface area contributed by atoms with Crippen molar-refractivity contribution in [2.45, 2.75) is 39.7 Å². The minimum Gasteiger partial charge on any atom is -0.439 e. The van der Waals surface area contributed by atoms with E-state index in [1.54, 1.807) is 4.68 Å². The lowest BCUT2D eigenvalue weighted by atomic mass is 10.1. The third-order valence-corrected chi connectivity index (χ3v) is 3.38. The largest absolute Gasteiger partial charge is 0.439 e. The fourth-order valence-electron chi connectivity index (χ4n) is 2.37. The third kappa shape index (κ3) is 3.02. The van der Waals surface area contributed by atoms with Gasteiger partial charge < -0.3 is 10.5 Å². The van der Waals surface area contributed by atoms with Gasteiger partial charge in [-0.2, -0.15) is 5.10 Å². The highest BCUT2D eigenvalue weighted by Crippen LogP contribution is 2.30. The molecule has 0 spiro atoms. The second-order valence-electron chi connectivity index (χ2n) is 5.24. The molecule has 0 saturated heterocycles. The summed E-state index contributed by atoms with van der Waals surface area (Å²) in [6, 6.07) is 8.19. The van der Waals surface area contributed by atoms with Crippen LogP contribution in [0.2, 0.25) is 0 Å². The normalized spacial score (nSPS) is 12.4. The topological polar surface area (TPSA) is 53.1 Å². The molecule has 0 bridgehead atoms. The quantitative estimate of drug-likeness (QED) is 0.911. The Morgan fingerprint density at radius 2 is 2.05 bits per heavy atom. The van der Waals surface area contributed by atoms with Crippen LogP contribution in [-0.2, 0) is 19.9 Å². The molecule has 4 nitrogen and oxygen atoms in total. The van der Waals surface area contributed by atoms with Gasteiger partial charge in [0.05, 0.1) is 5.69 Å². The van der Waals surface area contributed by atoms with E-state index in [1.165, 1.54) is 5.56 Å². The molecule has 1 atom stereocenters. The molecule has 0 aliphatic heterocycles. The van der Waals surface area contributed by atoms with E-state index in [-0.39, 0.29) is 6.04 Å². The molecule has 20 heavy (non-hydrogen) atoms. The molecule has 4 heteroatoms. The zero-order valence-electron chi connectivity index (χ0n) is 12.7. The molecule has 1 aromatic carbocycles. The van der Waals surface area contributed by atoms with E-state index in [2.05, 4.69) is 18.1 Å². The van der Waals surface area contributed by atoms with Gasteiger partial charge in [0.2, 0.25) is 5.88 Å². The van der Waals surface area contributed by atoms with Crippen molar-refractivity contribution in [2.24, 2.45) is 12.8 Å². The summed E-state index contributed by atoms with van der Waals surface area (Å²) in [6.07, 6.45) is 1.71. The first-order valence-electron chi connectivity index (χ1n) is 7.06. The lowest BCUT2D eigenvalue weighted by Gasteiger charge is -2.13. The molecule has 1 heterocycles. The van der Waals surface area contributed by atoms with Crippen LogP contribution in [-0.4, -0.2) is 15.8 Å². The van der Waals surface area contributed by atoms with Crippen LogP contribution in [0.25, 0.3) is 0 Å². The number of nitrogens with two attached hydrogens (primary N) is 1. The Morgan fingerprint density at radius 1 is 1.35 bits per heavy atom. The van der Waals surface area contributed by atoms with Gasteiger partial charge in [-0.3, -0.25) is 0 Å². The van der Waals surface area contributed by atoms with E-state index in [1.807, 2.05) is 39.1 Å². The van der Waals surface area contributed by atoms with Gasteiger partial charge in [-0.25, -0.2) is 4.68 Å². The van der Waals surface area contributed by atoms with Crippen molar-refractivity contribution in [3.8, 4) is 11.6 Å². The number of nitrogens with zero attached hydrogens (tertiary/aromatic N) is 2. The maximum Gasteiger partial charge on any atom is 0.221 e. The number of hydrogen-bond donors (Lipinski definition) is 1. The maximum atomic E-state index is 6.13. The fraction of sp³-hybridized carbons (Fsp3) is 0.438. The summed E-state index contributed by atoms with van der Waals surface area (Å²) >= 11 is 0. The summed E-state index contributed by atoms with van der Waals surface area (Å²) in [7, 11) is 1.90.